The summed E-state index contributed by atoms with van der Waals surface area (Å²) in [5, 5.41) is 56.2. The monoisotopic (exact) mass is 1670 g/mol. The number of aliphatic hydroxyl groups is 2. The molecule has 2 saturated heterocycles. The molecular formula is C76H134N15O24P. The second kappa shape index (κ2) is 57.9. The van der Waals surface area contributed by atoms with Gasteiger partial charge in [0.25, 0.3) is 0 Å². The lowest BCUT2D eigenvalue weighted by atomic mass is 9.84. The minimum atomic E-state index is -4.47. The number of amides is 10. The van der Waals surface area contributed by atoms with Crippen LogP contribution in [0.5, 0.6) is 0 Å². The number of ether oxygens (including phenoxy) is 8. The fourth-order valence-corrected chi connectivity index (χ4v) is 13.8. The molecule has 3 aliphatic rings. The van der Waals surface area contributed by atoms with Crippen LogP contribution in [0.2, 0.25) is 0 Å². The molecule has 0 bridgehead atoms. The molecule has 40 heteroatoms. The maximum Gasteiger partial charge on any atom is 0.325 e. The molecule has 8 atom stereocenters. The third-order valence-corrected chi connectivity index (χ3v) is 20.7. The molecule has 8 unspecified atom stereocenters. The smallest absolute Gasteiger partial charge is 0.325 e. The van der Waals surface area contributed by atoms with Gasteiger partial charge in [0.1, 0.15) is 37.0 Å². The van der Waals surface area contributed by atoms with Crippen molar-refractivity contribution >= 4 is 72.6 Å². The fraction of sp³-hybridized carbons (Fsp3) is 0.776. The van der Waals surface area contributed by atoms with Crippen molar-refractivity contribution in [2.75, 3.05) is 204 Å². The van der Waals surface area contributed by atoms with Crippen LogP contribution in [0.25, 0.3) is 0 Å². The number of nitrogens with two attached hydrogens (primary N) is 1. The van der Waals surface area contributed by atoms with Gasteiger partial charge >= 0.3 is 7.60 Å². The van der Waals surface area contributed by atoms with Crippen molar-refractivity contribution in [2.24, 2.45) is 23.5 Å². The minimum absolute atomic E-state index is 0.00607. The predicted octanol–water partition coefficient (Wildman–Crippen LogP) is -2.54. The number of likely N-dealkylation sites (N-methyl/N-ethyl adjacent to an activating group) is 1. The highest BCUT2D eigenvalue weighted by Crippen LogP contribution is 2.35. The van der Waals surface area contributed by atoms with E-state index in [4.69, 9.17) is 49.0 Å². The molecular weight excluding hydrogens is 1540 g/mol. The van der Waals surface area contributed by atoms with Crippen LogP contribution in [0, 0.1) is 23.2 Å². The van der Waals surface area contributed by atoms with Crippen molar-refractivity contribution < 1.29 is 116 Å². The summed E-state index contributed by atoms with van der Waals surface area (Å²) >= 11 is 0. The minimum Gasteiger partial charge on any atom is -0.394 e. The summed E-state index contributed by atoms with van der Waals surface area (Å²) in [5.74, 6) is -7.88. The lowest BCUT2D eigenvalue weighted by Gasteiger charge is -2.38. The van der Waals surface area contributed by atoms with Gasteiger partial charge < -0.3 is 120 Å². The van der Waals surface area contributed by atoms with Gasteiger partial charge in [-0.2, -0.15) is 0 Å². The van der Waals surface area contributed by atoms with Crippen LogP contribution in [-0.4, -0.2) is 355 Å². The molecule has 39 nitrogen and oxygen atoms in total. The highest BCUT2D eigenvalue weighted by atomic mass is 31.2. The van der Waals surface area contributed by atoms with E-state index in [9.17, 15) is 77.7 Å². The van der Waals surface area contributed by atoms with Gasteiger partial charge in [-0.25, -0.2) is 5.48 Å². The van der Waals surface area contributed by atoms with Crippen LogP contribution in [0.4, 0.5) is 0 Å². The van der Waals surface area contributed by atoms with Gasteiger partial charge in [-0.05, 0) is 114 Å². The zero-order valence-electron chi connectivity index (χ0n) is 68.8. The van der Waals surface area contributed by atoms with E-state index in [1.807, 2.05) is 37.9 Å². The van der Waals surface area contributed by atoms with Crippen molar-refractivity contribution in [2.45, 2.75) is 161 Å². The van der Waals surface area contributed by atoms with Crippen LogP contribution in [0.1, 0.15) is 122 Å². The van der Waals surface area contributed by atoms with E-state index in [0.717, 1.165) is 57.4 Å². The number of aryl methyl sites for hydroxylation is 1. The number of aliphatic hydroxyl groups excluding tert-OH is 2. The molecule has 116 heavy (non-hydrogen) atoms. The van der Waals surface area contributed by atoms with Crippen molar-refractivity contribution in [1.29, 1.82) is 5.41 Å². The maximum absolute atomic E-state index is 14.6. The molecule has 1 aromatic rings. The standard InChI is InChI=1S/C76H134N15O24P/c1-7-65(93)82-63(50-68(96)89(25-15-47-116(105,106)107)29-34-110-39-37-108-32-21-79-66(94)51-87(6)27-28-88-23-11-8-12-24-88)74(102)90(31-36-112-41-44-114-45-46-115-53-67(95)83-64(52-92)73(101)81-56(5)70(98)84-61-20-14-26-91(75(61)103)76(77)78)30-35-111-40-43-113-42-38-109-33-22-80-72(100)62(49-58-18-13-17-57-16-9-10-19-59(57)58)85-71(99)60(48-54(2)3)55(4)69(97)86-104/h13,17-18,54-56,60-64,75,92,103-104H,7-12,14-16,19-53H2,1-6H3,(H3,77,78)(H,79,94)(H,80,100)(H,81,101)(H,82,93)(H,83,95)(H,84,98)(H,85,99)(H,86,97)(H2,105,106,107). The van der Waals surface area contributed by atoms with Crippen molar-refractivity contribution in [3.63, 3.8) is 0 Å². The molecule has 2 aliphatic heterocycles. The van der Waals surface area contributed by atoms with Gasteiger partial charge in [-0.15, -0.1) is 0 Å². The number of benzene rings is 1. The second-order valence-electron chi connectivity index (χ2n) is 29.6. The molecule has 0 spiro atoms. The van der Waals surface area contributed by atoms with E-state index in [-0.39, 0.29) is 182 Å². The zero-order chi connectivity index (χ0) is 85.2. The maximum atomic E-state index is 14.6. The number of hydrogen-bond donors (Lipinski definition) is 15. The number of nitrogens with zero attached hydrogens (tertiary/aromatic N) is 5. The number of rotatable bonds is 61. The summed E-state index contributed by atoms with van der Waals surface area (Å²) in [7, 11) is -2.56. The van der Waals surface area contributed by atoms with E-state index in [1.54, 1.807) is 19.3 Å². The summed E-state index contributed by atoms with van der Waals surface area (Å²) in [4.78, 5) is 161. The molecule has 0 saturated carbocycles. The number of likely N-dealkylation sites (tertiary alicyclic amines) is 2. The largest absolute Gasteiger partial charge is 0.394 e. The number of nitrogens with one attached hydrogen (secondary N) is 9. The molecule has 0 aromatic heterocycles. The predicted molar refractivity (Wildman–Crippen MR) is 425 cm³/mol. The Hall–Kier alpha value is -7.18. The van der Waals surface area contributed by atoms with Crippen molar-refractivity contribution in [3.05, 3.63) is 34.9 Å². The fourth-order valence-electron chi connectivity index (χ4n) is 13.3. The van der Waals surface area contributed by atoms with Gasteiger partial charge in [0.15, 0.2) is 5.96 Å². The van der Waals surface area contributed by atoms with Gasteiger partial charge in [0.05, 0.1) is 131 Å². The third-order valence-electron chi connectivity index (χ3n) is 19.8. The Kier molecular flexibility index (Phi) is 50.5. The summed E-state index contributed by atoms with van der Waals surface area (Å²) < 4.78 is 57.6. The molecule has 2 heterocycles. The first-order valence-electron chi connectivity index (χ1n) is 40.7. The van der Waals surface area contributed by atoms with E-state index >= 15 is 0 Å². The number of carbonyl (C=O) groups excluding carboxylic acids is 10. The Labute approximate surface area is 681 Å². The van der Waals surface area contributed by atoms with Crippen LogP contribution >= 0.6 is 7.60 Å². The molecule has 1 aliphatic carbocycles. The van der Waals surface area contributed by atoms with Gasteiger partial charge in [-0.3, -0.25) is 68.0 Å². The lowest BCUT2D eigenvalue weighted by Crippen LogP contribution is -2.61. The van der Waals surface area contributed by atoms with Crippen molar-refractivity contribution in [3.8, 4) is 0 Å². The Bertz CT molecular complexity index is 3180. The number of hydrogen-bond acceptors (Lipinski definition) is 25. The first kappa shape index (κ1) is 101. The highest BCUT2D eigenvalue weighted by molar-refractivity contribution is 7.51. The number of guanidine groups is 1. The molecule has 10 amide bonds. The van der Waals surface area contributed by atoms with Crippen LogP contribution < -0.4 is 48.4 Å². The Balaban J connectivity index is 1.30. The number of carbonyl (C=O) groups is 10. The average molecular weight is 1670 g/mol. The molecule has 2 fully saturated rings. The highest BCUT2D eigenvalue weighted by Gasteiger charge is 2.37. The topological polar surface area (TPSA) is 525 Å². The van der Waals surface area contributed by atoms with Crippen molar-refractivity contribution in [1.82, 2.24) is 67.2 Å². The average Bonchev–Trinajstić information content (AvgIpc) is 0.836. The molecule has 1 aromatic carbocycles. The zero-order valence-corrected chi connectivity index (χ0v) is 69.7. The van der Waals surface area contributed by atoms with E-state index in [2.05, 4.69) is 48.2 Å². The van der Waals surface area contributed by atoms with Crippen LogP contribution in [0.15, 0.2) is 18.2 Å². The first-order valence-corrected chi connectivity index (χ1v) is 42.5. The van der Waals surface area contributed by atoms with E-state index in [0.29, 0.717) is 25.8 Å². The molecule has 662 valence electrons. The summed E-state index contributed by atoms with van der Waals surface area (Å²) in [6.07, 6.45) is 6.52. The van der Waals surface area contributed by atoms with E-state index in [1.165, 1.54) is 52.0 Å². The quantitative estimate of drug-likeness (QED) is 0.00798. The second-order valence-corrected chi connectivity index (χ2v) is 31.3. The summed E-state index contributed by atoms with van der Waals surface area (Å²) in [6, 6.07) is 0.258. The SMILES string of the molecule is CCC(=O)NC(CC(=O)N(CCCP(=O)(O)O)CCOCCOCCNC(=O)CN(C)CCN1CCCCC1)C(=O)N(CCOCCOCCOCCNC(=O)C(Cc1cccc2c1CCCC2)NC(=O)C(CC(C)C)C(C)C(=O)NO)CCOCCOCCOCC(=O)NC(CO)C(=O)NC(C)C(=O)NC1CCCN(C(=N)N)C1O. The van der Waals surface area contributed by atoms with Gasteiger partial charge in [0.2, 0.25) is 59.1 Å². The molecule has 4 rings (SSSR count). The summed E-state index contributed by atoms with van der Waals surface area (Å²) in [6.45, 7) is 12.4. The Morgan fingerprint density at radius 2 is 1.20 bits per heavy atom. The first-order chi connectivity index (χ1) is 55.5. The molecule has 0 radical (unpaired) electrons. The number of piperidine rings is 2. The van der Waals surface area contributed by atoms with Crippen LogP contribution in [-0.2, 0) is 110 Å². The van der Waals surface area contributed by atoms with Gasteiger partial charge in [0, 0.05) is 83.6 Å². The van der Waals surface area contributed by atoms with Crippen LogP contribution in [0.3, 0.4) is 0 Å². The lowest BCUT2D eigenvalue weighted by molar-refractivity contribution is -0.142. The Morgan fingerprint density at radius 1 is 0.621 bits per heavy atom. The number of fused-ring (bicyclic) bond motifs is 1. The Morgan fingerprint density at radius 3 is 1.78 bits per heavy atom. The molecule has 16 N–H and O–H groups in total. The normalized spacial score (nSPS) is 16.7. The number of hydroxylamine groups is 1. The van der Waals surface area contributed by atoms with E-state index < -0.39 is 135 Å². The third kappa shape index (κ3) is 41.5. The summed E-state index contributed by atoms with van der Waals surface area (Å²) in [5.41, 5.74) is 10.5. The van der Waals surface area contributed by atoms with Gasteiger partial charge in [-0.1, -0.05) is 52.3 Å².